The zero-order valence-corrected chi connectivity index (χ0v) is 11.3. The molecule has 86 valence electrons. The van der Waals surface area contributed by atoms with Gasteiger partial charge in [0.05, 0.1) is 8.80 Å². The Morgan fingerprint density at radius 2 is 1.47 bits per heavy atom. The van der Waals surface area contributed by atoms with Crippen LogP contribution in [0.15, 0.2) is 54.6 Å². The van der Waals surface area contributed by atoms with Gasteiger partial charge in [-0.05, 0) is 0 Å². The smallest absolute Gasteiger partial charge is 0.192 e. The van der Waals surface area contributed by atoms with E-state index < -0.39 is 8.80 Å². The lowest BCUT2D eigenvalue weighted by Gasteiger charge is -2.10. The van der Waals surface area contributed by atoms with Crippen LogP contribution in [0.2, 0.25) is 13.1 Å². The average molecular weight is 240 g/mol. The summed E-state index contributed by atoms with van der Waals surface area (Å²) in [6.45, 7) is 4.49. The molecule has 0 heterocycles. The first-order valence-electron chi connectivity index (χ1n) is 5.89. The maximum atomic E-state index is 12.4. The first-order chi connectivity index (χ1) is 8.20. The molecule has 0 bridgehead atoms. The van der Waals surface area contributed by atoms with Crippen molar-refractivity contribution in [1.29, 1.82) is 0 Å². The molecular formula is C15H16OSi. The number of carbonyl (C=O) groups excluding carboxylic acids is 1. The second kappa shape index (κ2) is 5.10. The van der Waals surface area contributed by atoms with Crippen LogP contribution in [0.5, 0.6) is 0 Å². The van der Waals surface area contributed by atoms with Gasteiger partial charge in [-0.1, -0.05) is 72.9 Å². The summed E-state index contributed by atoms with van der Waals surface area (Å²) < 4.78 is 0. The van der Waals surface area contributed by atoms with Crippen molar-refractivity contribution >= 4 is 19.8 Å². The van der Waals surface area contributed by atoms with E-state index >= 15 is 0 Å². The summed E-state index contributed by atoms with van der Waals surface area (Å²) in [6, 6.07) is 17.5. The molecule has 0 radical (unpaired) electrons. The highest BCUT2D eigenvalue weighted by atomic mass is 28.3. The second-order valence-corrected chi connectivity index (χ2v) is 7.37. The highest BCUT2D eigenvalue weighted by Crippen LogP contribution is 2.08. The number of benzene rings is 2. The monoisotopic (exact) mass is 240 g/mol. The lowest BCUT2D eigenvalue weighted by Crippen LogP contribution is -2.29. The maximum Gasteiger partial charge on any atom is 0.192 e. The van der Waals surface area contributed by atoms with Crippen LogP contribution in [0.1, 0.15) is 15.9 Å². The molecule has 2 aromatic carbocycles. The van der Waals surface area contributed by atoms with E-state index in [1.54, 1.807) is 0 Å². The molecule has 0 unspecified atom stereocenters. The Hall–Kier alpha value is -1.67. The molecule has 0 saturated heterocycles. The molecule has 0 saturated carbocycles. The standard InChI is InChI=1S/C15H16OSi/c1-17(2)14-11-7-6-10-13(14)15(16)12-8-4-3-5-9-12/h3-11,17H,1-2H3. The Labute approximate surface area is 104 Å². The third kappa shape index (κ3) is 2.53. The molecule has 0 aliphatic heterocycles. The molecule has 0 aliphatic carbocycles. The minimum absolute atomic E-state index is 0.141. The molecule has 0 aromatic heterocycles. The number of hydrogen-bond acceptors (Lipinski definition) is 1. The third-order valence-corrected chi connectivity index (χ3v) is 4.61. The molecule has 2 rings (SSSR count). The van der Waals surface area contributed by atoms with Gasteiger partial charge in [0.25, 0.3) is 0 Å². The summed E-state index contributed by atoms with van der Waals surface area (Å²) in [5.41, 5.74) is 1.65. The van der Waals surface area contributed by atoms with Crippen LogP contribution < -0.4 is 5.19 Å². The Balaban J connectivity index is 2.45. The lowest BCUT2D eigenvalue weighted by atomic mass is 10.0. The zero-order chi connectivity index (χ0) is 12.3. The van der Waals surface area contributed by atoms with Gasteiger partial charge in [0.2, 0.25) is 0 Å². The van der Waals surface area contributed by atoms with Crippen molar-refractivity contribution in [2.24, 2.45) is 0 Å². The van der Waals surface area contributed by atoms with E-state index in [0.29, 0.717) is 0 Å². The van der Waals surface area contributed by atoms with Crippen molar-refractivity contribution in [3.63, 3.8) is 0 Å². The van der Waals surface area contributed by atoms with Crippen LogP contribution in [-0.2, 0) is 0 Å². The number of ketones is 1. The van der Waals surface area contributed by atoms with Crippen molar-refractivity contribution in [3.05, 3.63) is 65.7 Å². The third-order valence-electron chi connectivity index (χ3n) is 2.86. The largest absolute Gasteiger partial charge is 0.289 e. The molecule has 0 N–H and O–H groups in total. The molecule has 0 aliphatic rings. The summed E-state index contributed by atoms with van der Waals surface area (Å²) in [5.74, 6) is 0.141. The van der Waals surface area contributed by atoms with Crippen LogP contribution in [0.25, 0.3) is 0 Å². The van der Waals surface area contributed by atoms with Gasteiger partial charge in [0.15, 0.2) is 5.78 Å². The first kappa shape index (κ1) is 11.8. The quantitative estimate of drug-likeness (QED) is 0.595. The van der Waals surface area contributed by atoms with Crippen molar-refractivity contribution < 1.29 is 4.79 Å². The van der Waals surface area contributed by atoms with Crippen molar-refractivity contribution in [3.8, 4) is 0 Å². The Morgan fingerprint density at radius 1 is 0.882 bits per heavy atom. The van der Waals surface area contributed by atoms with Gasteiger partial charge in [-0.3, -0.25) is 4.79 Å². The zero-order valence-electron chi connectivity index (χ0n) is 10.2. The summed E-state index contributed by atoms with van der Waals surface area (Å²) in [4.78, 5) is 12.4. The molecule has 0 fully saturated rings. The number of rotatable bonds is 3. The van der Waals surface area contributed by atoms with E-state index in [0.717, 1.165) is 11.1 Å². The Morgan fingerprint density at radius 3 is 2.12 bits per heavy atom. The van der Waals surface area contributed by atoms with Gasteiger partial charge >= 0.3 is 0 Å². The molecule has 1 nitrogen and oxygen atoms in total. The molecule has 2 heteroatoms. The number of carbonyl (C=O) groups is 1. The molecule has 0 amide bonds. The maximum absolute atomic E-state index is 12.4. The van der Waals surface area contributed by atoms with E-state index in [4.69, 9.17) is 0 Å². The Kier molecular flexibility index (Phi) is 3.54. The van der Waals surface area contributed by atoms with Crippen LogP contribution in [-0.4, -0.2) is 14.6 Å². The normalized spacial score (nSPS) is 10.5. The average Bonchev–Trinajstić information content (AvgIpc) is 2.39. The van der Waals surface area contributed by atoms with Gasteiger partial charge in [0.1, 0.15) is 0 Å². The molecule has 17 heavy (non-hydrogen) atoms. The van der Waals surface area contributed by atoms with Crippen molar-refractivity contribution in [1.82, 2.24) is 0 Å². The second-order valence-electron chi connectivity index (χ2n) is 4.44. The number of hydrogen-bond donors (Lipinski definition) is 0. The van der Waals surface area contributed by atoms with Crippen LogP contribution in [0.4, 0.5) is 0 Å². The van der Waals surface area contributed by atoms with E-state index in [1.165, 1.54) is 5.19 Å². The fourth-order valence-electron chi connectivity index (χ4n) is 1.95. The van der Waals surface area contributed by atoms with E-state index in [2.05, 4.69) is 19.2 Å². The molecule has 0 atom stereocenters. The SMILES string of the molecule is C[SiH](C)c1ccccc1C(=O)c1ccccc1. The van der Waals surface area contributed by atoms with E-state index in [9.17, 15) is 4.79 Å². The van der Waals surface area contributed by atoms with Gasteiger partial charge in [-0.15, -0.1) is 0 Å². The van der Waals surface area contributed by atoms with E-state index in [1.807, 2.05) is 48.5 Å². The highest BCUT2D eigenvalue weighted by Gasteiger charge is 2.14. The molecule has 0 spiro atoms. The topological polar surface area (TPSA) is 17.1 Å². The van der Waals surface area contributed by atoms with Gasteiger partial charge in [-0.2, -0.15) is 0 Å². The van der Waals surface area contributed by atoms with Crippen molar-refractivity contribution in [2.75, 3.05) is 0 Å². The summed E-state index contributed by atoms with van der Waals surface area (Å²) in [6.07, 6.45) is 0. The van der Waals surface area contributed by atoms with Gasteiger partial charge in [0, 0.05) is 11.1 Å². The molecule has 2 aromatic rings. The minimum Gasteiger partial charge on any atom is -0.289 e. The summed E-state index contributed by atoms with van der Waals surface area (Å²) in [5, 5.41) is 1.25. The predicted octanol–water partition coefficient (Wildman–Crippen LogP) is 2.61. The molecular weight excluding hydrogens is 224 g/mol. The fraction of sp³-hybridized carbons (Fsp3) is 0.133. The van der Waals surface area contributed by atoms with Crippen molar-refractivity contribution in [2.45, 2.75) is 13.1 Å². The highest BCUT2D eigenvalue weighted by molar-refractivity contribution is 6.72. The first-order valence-corrected chi connectivity index (χ1v) is 8.77. The van der Waals surface area contributed by atoms with Gasteiger partial charge < -0.3 is 0 Å². The van der Waals surface area contributed by atoms with Crippen LogP contribution in [0, 0.1) is 0 Å². The lowest BCUT2D eigenvalue weighted by molar-refractivity contribution is 0.104. The summed E-state index contributed by atoms with van der Waals surface area (Å²) >= 11 is 0. The summed E-state index contributed by atoms with van der Waals surface area (Å²) in [7, 11) is -0.969. The Bertz CT molecular complexity index is 517. The fourth-order valence-corrected chi connectivity index (χ4v) is 3.30. The predicted molar refractivity (Wildman–Crippen MR) is 74.8 cm³/mol. The van der Waals surface area contributed by atoms with Gasteiger partial charge in [-0.25, -0.2) is 0 Å². The van der Waals surface area contributed by atoms with E-state index in [-0.39, 0.29) is 5.78 Å². The minimum atomic E-state index is -0.969. The van der Waals surface area contributed by atoms with Crippen LogP contribution in [0.3, 0.4) is 0 Å². The van der Waals surface area contributed by atoms with Crippen LogP contribution >= 0.6 is 0 Å².